The van der Waals surface area contributed by atoms with E-state index in [-0.39, 0.29) is 36.1 Å². The summed E-state index contributed by atoms with van der Waals surface area (Å²) in [6, 6.07) is 4.14. The maximum atomic E-state index is 15.2. The number of aliphatic hydroxyl groups is 3. The standard InChI is InChI=1S/C32H33FO15/c1-12-25(38)30(43)24(33)31(47-12)48-16-10-32(44,17(34)11-46-19(37)8-4-7-18(35)36)9-14-21(16)29(42)23-22(27(14)40)26(39)13-5-3-6-15(45-2)20(13)28(23)41/h3,5-6,12,16,24-25,30-31,38,40,42-44H,4,7-11H2,1-2H3,(H,35,36)/t12-,16-,24+,25+,30-,31-,32-/m0/s1. The molecule has 0 spiro atoms. The van der Waals surface area contributed by atoms with Gasteiger partial charge in [0.25, 0.3) is 0 Å². The maximum Gasteiger partial charge on any atom is 0.306 e. The molecule has 0 radical (unpaired) electrons. The molecule has 1 heterocycles. The van der Waals surface area contributed by atoms with Crippen LogP contribution in [0.1, 0.15) is 81.7 Å². The van der Waals surface area contributed by atoms with Crippen LogP contribution in [-0.4, -0.2) is 110 Å². The lowest BCUT2D eigenvalue weighted by molar-refractivity contribution is -0.294. The Morgan fingerprint density at radius 3 is 2.38 bits per heavy atom. The van der Waals surface area contributed by atoms with Gasteiger partial charge in [-0.3, -0.25) is 24.0 Å². The number of esters is 1. The van der Waals surface area contributed by atoms with Gasteiger partial charge in [0.1, 0.15) is 35.1 Å². The van der Waals surface area contributed by atoms with Crippen molar-refractivity contribution in [3.63, 3.8) is 0 Å². The minimum absolute atomic E-state index is 0.00389. The molecule has 6 N–H and O–H groups in total. The number of carboxylic acids is 1. The van der Waals surface area contributed by atoms with Crippen molar-refractivity contribution in [2.24, 2.45) is 0 Å². The molecule has 2 aromatic rings. The van der Waals surface area contributed by atoms with Crippen LogP contribution in [0, 0.1) is 0 Å². The van der Waals surface area contributed by atoms with E-state index in [4.69, 9.17) is 24.1 Å². The number of ether oxygens (including phenoxy) is 4. The van der Waals surface area contributed by atoms with Gasteiger partial charge in [-0.25, -0.2) is 4.39 Å². The first-order valence-electron chi connectivity index (χ1n) is 14.9. The highest BCUT2D eigenvalue weighted by atomic mass is 19.1. The molecule has 15 nitrogen and oxygen atoms in total. The summed E-state index contributed by atoms with van der Waals surface area (Å²) in [4.78, 5) is 63.7. The van der Waals surface area contributed by atoms with E-state index in [2.05, 4.69) is 0 Å². The number of fused-ring (bicyclic) bond motifs is 3. The monoisotopic (exact) mass is 676 g/mol. The number of aliphatic hydroxyl groups excluding tert-OH is 2. The molecule has 0 saturated carbocycles. The largest absolute Gasteiger partial charge is 0.507 e. The number of aliphatic carboxylic acids is 1. The molecule has 258 valence electrons. The minimum Gasteiger partial charge on any atom is -0.507 e. The lowest BCUT2D eigenvalue weighted by Crippen LogP contribution is -2.56. The third-order valence-corrected chi connectivity index (χ3v) is 8.80. The lowest BCUT2D eigenvalue weighted by Gasteiger charge is -2.43. The lowest BCUT2D eigenvalue weighted by atomic mass is 9.72. The van der Waals surface area contributed by atoms with E-state index < -0.39 is 125 Å². The van der Waals surface area contributed by atoms with Crippen molar-refractivity contribution in [3.05, 3.63) is 51.6 Å². The van der Waals surface area contributed by atoms with Crippen LogP contribution in [0.5, 0.6) is 17.2 Å². The quantitative estimate of drug-likeness (QED) is 0.128. The fourth-order valence-corrected chi connectivity index (χ4v) is 6.25. The van der Waals surface area contributed by atoms with Crippen molar-refractivity contribution in [1.29, 1.82) is 0 Å². The number of Topliss-reactive ketones (excluding diaryl/α,β-unsaturated/α-hetero) is 1. The zero-order chi connectivity index (χ0) is 35.2. The average molecular weight is 677 g/mol. The van der Waals surface area contributed by atoms with Gasteiger partial charge in [-0.1, -0.05) is 12.1 Å². The Hall–Kier alpha value is -4.48. The third-order valence-electron chi connectivity index (χ3n) is 8.80. The molecule has 16 heteroatoms. The van der Waals surface area contributed by atoms with Crippen molar-refractivity contribution in [1.82, 2.24) is 0 Å². The van der Waals surface area contributed by atoms with E-state index in [1.165, 1.54) is 32.2 Å². The van der Waals surface area contributed by atoms with Gasteiger partial charge in [0.15, 0.2) is 24.9 Å². The number of methoxy groups -OCH3 is 1. The van der Waals surface area contributed by atoms with Crippen molar-refractivity contribution >= 4 is 29.3 Å². The number of carbonyl (C=O) groups is 5. The van der Waals surface area contributed by atoms with Gasteiger partial charge in [0.2, 0.25) is 11.6 Å². The van der Waals surface area contributed by atoms with Gasteiger partial charge >= 0.3 is 11.9 Å². The number of phenolic OH excluding ortho intramolecular Hbond substituents is 2. The molecular formula is C32H33FO15. The maximum absolute atomic E-state index is 15.2. The highest BCUT2D eigenvalue weighted by Crippen LogP contribution is 2.52. The van der Waals surface area contributed by atoms with Gasteiger partial charge < -0.3 is 49.6 Å². The molecule has 0 unspecified atom stereocenters. The molecule has 2 aliphatic carbocycles. The SMILES string of the molecule is COc1cccc2c1C(=O)c1c(O)c3c(c(O)c1C2=O)C[C@@](O)(C(=O)COC(=O)CCCC(=O)O)C[C@@H]3O[C@@H]1O[C@@H](C)[C@@H](O)[C@@H](O)[C@H]1F. The van der Waals surface area contributed by atoms with Crippen molar-refractivity contribution in [2.45, 2.75) is 81.5 Å². The number of hydrogen-bond donors (Lipinski definition) is 6. The van der Waals surface area contributed by atoms with Crippen molar-refractivity contribution in [2.75, 3.05) is 13.7 Å². The highest BCUT2D eigenvalue weighted by Gasteiger charge is 2.52. The number of aromatic hydroxyl groups is 2. The summed E-state index contributed by atoms with van der Waals surface area (Å²) in [7, 11) is 1.26. The predicted molar refractivity (Wildman–Crippen MR) is 155 cm³/mol. The highest BCUT2D eigenvalue weighted by molar-refractivity contribution is 6.31. The third kappa shape index (κ3) is 6.01. The van der Waals surface area contributed by atoms with Crippen molar-refractivity contribution < 1.29 is 77.9 Å². The summed E-state index contributed by atoms with van der Waals surface area (Å²) in [6.45, 7) is 0.296. The Morgan fingerprint density at radius 2 is 1.71 bits per heavy atom. The molecule has 1 saturated heterocycles. The molecule has 5 rings (SSSR count). The summed E-state index contributed by atoms with van der Waals surface area (Å²) < 4.78 is 36.5. The van der Waals surface area contributed by atoms with Crippen LogP contribution in [0.3, 0.4) is 0 Å². The number of benzene rings is 2. The van der Waals surface area contributed by atoms with Crippen LogP contribution in [0.2, 0.25) is 0 Å². The fourth-order valence-electron chi connectivity index (χ4n) is 6.25. The average Bonchev–Trinajstić information content (AvgIpc) is 3.04. The fraction of sp³-hybridized carbons (Fsp3) is 0.469. The van der Waals surface area contributed by atoms with Crippen LogP contribution >= 0.6 is 0 Å². The summed E-state index contributed by atoms with van der Waals surface area (Å²) >= 11 is 0. The van der Waals surface area contributed by atoms with E-state index in [1.807, 2.05) is 0 Å². The number of ketones is 3. The van der Waals surface area contributed by atoms with Gasteiger partial charge in [0.05, 0.1) is 36.0 Å². The molecule has 3 aliphatic rings. The Labute approximate surface area is 271 Å². The Balaban J connectivity index is 1.57. The number of rotatable bonds is 10. The van der Waals surface area contributed by atoms with E-state index in [0.29, 0.717) is 0 Å². The van der Waals surface area contributed by atoms with Crippen LogP contribution < -0.4 is 4.74 Å². The normalized spacial score (nSPS) is 27.8. The Morgan fingerprint density at radius 1 is 1.02 bits per heavy atom. The van der Waals surface area contributed by atoms with E-state index in [1.54, 1.807) is 0 Å². The smallest absolute Gasteiger partial charge is 0.306 e. The van der Waals surface area contributed by atoms with Crippen LogP contribution in [0.25, 0.3) is 0 Å². The number of halogens is 1. The minimum atomic E-state index is -2.55. The Bertz CT molecular complexity index is 1690. The number of hydrogen-bond acceptors (Lipinski definition) is 14. The second kappa shape index (κ2) is 13.2. The second-order valence-corrected chi connectivity index (χ2v) is 11.9. The number of phenols is 2. The molecule has 2 aromatic carbocycles. The van der Waals surface area contributed by atoms with Crippen LogP contribution in [0.4, 0.5) is 4.39 Å². The first kappa shape index (κ1) is 34.8. The molecule has 1 fully saturated rings. The van der Waals surface area contributed by atoms with Gasteiger partial charge in [0, 0.05) is 42.4 Å². The Kier molecular flexibility index (Phi) is 9.58. The summed E-state index contributed by atoms with van der Waals surface area (Å²) in [5, 5.41) is 63.8. The van der Waals surface area contributed by atoms with Crippen LogP contribution in [-0.2, 0) is 35.0 Å². The summed E-state index contributed by atoms with van der Waals surface area (Å²) in [5.41, 5.74) is -5.01. The molecule has 1 aliphatic heterocycles. The van der Waals surface area contributed by atoms with Gasteiger partial charge in [-0.15, -0.1) is 0 Å². The van der Waals surface area contributed by atoms with Crippen molar-refractivity contribution in [3.8, 4) is 17.2 Å². The molecule has 7 atom stereocenters. The number of carboxylic acid groups (broad SMARTS) is 1. The van der Waals surface area contributed by atoms with E-state index in [0.717, 1.165) is 0 Å². The topological polar surface area (TPSA) is 244 Å². The zero-order valence-electron chi connectivity index (χ0n) is 25.7. The predicted octanol–water partition coefficient (Wildman–Crippen LogP) is 0.789. The molecule has 0 aromatic heterocycles. The summed E-state index contributed by atoms with van der Waals surface area (Å²) in [6.07, 6.45) is -13.3. The van der Waals surface area contributed by atoms with E-state index in [9.17, 15) is 49.5 Å². The summed E-state index contributed by atoms with van der Waals surface area (Å²) in [5.74, 6) is -6.81. The van der Waals surface area contributed by atoms with Gasteiger partial charge in [-0.2, -0.15) is 0 Å². The van der Waals surface area contributed by atoms with Gasteiger partial charge in [-0.05, 0) is 19.4 Å². The molecule has 0 amide bonds. The van der Waals surface area contributed by atoms with Crippen LogP contribution in [0.15, 0.2) is 18.2 Å². The second-order valence-electron chi connectivity index (χ2n) is 11.9. The molecular weight excluding hydrogens is 643 g/mol. The molecule has 48 heavy (non-hydrogen) atoms. The molecule has 0 bridgehead atoms. The first-order chi connectivity index (χ1) is 22.6. The number of carbonyl (C=O) groups excluding carboxylic acids is 4. The first-order valence-corrected chi connectivity index (χ1v) is 14.9. The van der Waals surface area contributed by atoms with E-state index >= 15 is 4.39 Å². The number of alkyl halides is 1. The zero-order valence-corrected chi connectivity index (χ0v) is 25.7.